The Bertz CT molecular complexity index is 1670. The van der Waals surface area contributed by atoms with Crippen molar-refractivity contribution in [2.75, 3.05) is 7.11 Å². The van der Waals surface area contributed by atoms with Gasteiger partial charge in [0.1, 0.15) is 29.2 Å². The lowest BCUT2D eigenvalue weighted by Crippen LogP contribution is -2.24. The average molecular weight is 540 g/mol. The number of imidazole rings is 1. The number of halogens is 1. The fraction of sp³-hybridized carbons (Fsp3) is 0.300. The normalized spacial score (nSPS) is 13.7. The van der Waals surface area contributed by atoms with Crippen LogP contribution in [0.25, 0.3) is 22.3 Å². The van der Waals surface area contributed by atoms with E-state index in [1.807, 2.05) is 37.3 Å². The van der Waals surface area contributed by atoms with Crippen LogP contribution in [0.2, 0.25) is 0 Å². The molecule has 0 atom stereocenters. The average Bonchev–Trinajstić information content (AvgIpc) is 3.72. The number of methoxy groups -OCH3 is 1. The highest BCUT2D eigenvalue weighted by Crippen LogP contribution is 2.35. The van der Waals surface area contributed by atoms with Gasteiger partial charge in [-0.2, -0.15) is 5.10 Å². The summed E-state index contributed by atoms with van der Waals surface area (Å²) in [5, 5.41) is 9.80. The number of aromatic nitrogens is 6. The van der Waals surface area contributed by atoms with Crippen molar-refractivity contribution >= 4 is 17.1 Å². The minimum absolute atomic E-state index is 0.133. The van der Waals surface area contributed by atoms with Crippen LogP contribution in [0.1, 0.15) is 64.7 Å². The highest BCUT2D eigenvalue weighted by molar-refractivity contribution is 6.02. The summed E-state index contributed by atoms with van der Waals surface area (Å²) in [5.41, 5.74) is 5.37. The summed E-state index contributed by atoms with van der Waals surface area (Å²) in [5.74, 6) is 1.26. The molecular weight excluding hydrogens is 509 g/mol. The molecule has 9 nitrogen and oxygen atoms in total. The Balaban J connectivity index is 1.30. The van der Waals surface area contributed by atoms with E-state index >= 15 is 0 Å². The molecule has 204 valence electrons. The zero-order chi connectivity index (χ0) is 27.6. The largest absolute Gasteiger partial charge is 0.497 e. The first kappa shape index (κ1) is 25.7. The summed E-state index contributed by atoms with van der Waals surface area (Å²) in [6.45, 7) is 2.58. The molecule has 5 aromatic rings. The van der Waals surface area contributed by atoms with Gasteiger partial charge in [0, 0.05) is 23.7 Å². The number of carbonyl (C=O) groups is 1. The minimum Gasteiger partial charge on any atom is -0.497 e. The van der Waals surface area contributed by atoms with Crippen LogP contribution in [-0.4, -0.2) is 42.7 Å². The van der Waals surface area contributed by atoms with E-state index < -0.39 is 0 Å². The van der Waals surface area contributed by atoms with Crippen LogP contribution in [0.5, 0.6) is 5.75 Å². The number of aromatic amines is 1. The van der Waals surface area contributed by atoms with Gasteiger partial charge in [0.2, 0.25) is 0 Å². The Labute approximate surface area is 230 Å². The van der Waals surface area contributed by atoms with Crippen LogP contribution in [0.4, 0.5) is 4.39 Å². The number of H-pyrrole nitrogens is 1. The van der Waals surface area contributed by atoms with Crippen molar-refractivity contribution < 1.29 is 13.9 Å². The Hall–Kier alpha value is -4.60. The van der Waals surface area contributed by atoms with E-state index in [1.165, 1.54) is 18.5 Å². The van der Waals surface area contributed by atoms with E-state index in [4.69, 9.17) is 9.72 Å². The molecule has 1 saturated carbocycles. The molecule has 0 spiro atoms. The van der Waals surface area contributed by atoms with Crippen molar-refractivity contribution in [1.29, 1.82) is 0 Å². The van der Waals surface area contributed by atoms with E-state index in [9.17, 15) is 9.18 Å². The quantitative estimate of drug-likeness (QED) is 0.277. The van der Waals surface area contributed by atoms with Crippen LogP contribution < -0.4 is 10.1 Å². The lowest BCUT2D eigenvalue weighted by atomic mass is 10.0. The molecule has 0 unspecified atom stereocenters. The van der Waals surface area contributed by atoms with Crippen LogP contribution in [-0.2, 0) is 13.1 Å². The predicted molar refractivity (Wildman–Crippen MR) is 149 cm³/mol. The Morgan fingerprint density at radius 1 is 1.12 bits per heavy atom. The number of ether oxygens (including phenoxy) is 1. The molecule has 0 radical (unpaired) electrons. The third-order valence-electron chi connectivity index (χ3n) is 7.55. The Morgan fingerprint density at radius 2 is 1.93 bits per heavy atom. The van der Waals surface area contributed by atoms with E-state index in [1.54, 1.807) is 13.3 Å². The maximum Gasteiger partial charge on any atom is 0.272 e. The molecule has 2 aromatic carbocycles. The van der Waals surface area contributed by atoms with Gasteiger partial charge in [-0.25, -0.2) is 19.3 Å². The summed E-state index contributed by atoms with van der Waals surface area (Å²) in [6, 6.07) is 12.6. The number of hydrogen-bond donors (Lipinski definition) is 2. The number of aryl methyl sites for hydroxylation is 1. The predicted octanol–water partition coefficient (Wildman–Crippen LogP) is 5.31. The summed E-state index contributed by atoms with van der Waals surface area (Å²) in [6.07, 6.45) is 7.49. The number of carbonyl (C=O) groups excluding carboxylic acids is 1. The van der Waals surface area contributed by atoms with Gasteiger partial charge in [-0.05, 0) is 66.8 Å². The van der Waals surface area contributed by atoms with Crippen molar-refractivity contribution in [3.8, 4) is 16.9 Å². The van der Waals surface area contributed by atoms with Crippen molar-refractivity contribution in [2.24, 2.45) is 0 Å². The number of amides is 1. The van der Waals surface area contributed by atoms with E-state index in [-0.39, 0.29) is 24.0 Å². The summed E-state index contributed by atoms with van der Waals surface area (Å²) in [7, 11) is 1.65. The topological polar surface area (TPSA) is 111 Å². The van der Waals surface area contributed by atoms with E-state index in [0.29, 0.717) is 34.8 Å². The molecule has 0 saturated heterocycles. The standard InChI is InChI=1S/C30H30FN7O2/c1-18-25(15-35-37-18)22-11-20(12-23(31)13-22)14-32-30(39)27-26-29(34-17-33-27)38(28(36-26)21-5-3-4-6-21)16-19-7-9-24(40-2)10-8-19/h7-13,15,17,21H,3-6,14,16H2,1-2H3,(H,32,39)(H,35,37). The highest BCUT2D eigenvalue weighted by atomic mass is 19.1. The Morgan fingerprint density at radius 3 is 2.65 bits per heavy atom. The zero-order valence-corrected chi connectivity index (χ0v) is 22.4. The molecule has 1 fully saturated rings. The van der Waals surface area contributed by atoms with Gasteiger partial charge in [-0.1, -0.05) is 25.0 Å². The first-order valence-corrected chi connectivity index (χ1v) is 13.4. The fourth-order valence-electron chi connectivity index (χ4n) is 5.50. The lowest BCUT2D eigenvalue weighted by molar-refractivity contribution is 0.0947. The summed E-state index contributed by atoms with van der Waals surface area (Å²) in [4.78, 5) is 27.2. The van der Waals surface area contributed by atoms with Crippen molar-refractivity contribution in [3.63, 3.8) is 0 Å². The number of benzene rings is 2. The first-order valence-electron chi connectivity index (χ1n) is 13.4. The molecule has 1 aliphatic rings. The lowest BCUT2D eigenvalue weighted by Gasteiger charge is -2.13. The highest BCUT2D eigenvalue weighted by Gasteiger charge is 2.27. The number of rotatable bonds is 8. The molecule has 3 aromatic heterocycles. The second-order valence-electron chi connectivity index (χ2n) is 10.2. The number of nitrogens with zero attached hydrogens (tertiary/aromatic N) is 5. The second kappa shape index (κ2) is 10.9. The summed E-state index contributed by atoms with van der Waals surface area (Å²) >= 11 is 0. The number of nitrogens with one attached hydrogen (secondary N) is 2. The van der Waals surface area contributed by atoms with Crippen LogP contribution in [0.3, 0.4) is 0 Å². The van der Waals surface area contributed by atoms with Crippen LogP contribution >= 0.6 is 0 Å². The molecular formula is C30H30FN7O2. The molecule has 6 rings (SSSR count). The molecule has 2 N–H and O–H groups in total. The van der Waals surface area contributed by atoms with Crippen LogP contribution in [0, 0.1) is 12.7 Å². The minimum atomic E-state index is -0.384. The van der Waals surface area contributed by atoms with Gasteiger partial charge in [-0.3, -0.25) is 9.89 Å². The SMILES string of the molecule is COc1ccc(Cn2c(C3CCCC3)nc3c(C(=O)NCc4cc(F)cc(-c5cn[nH]c5C)c4)ncnc32)cc1. The van der Waals surface area contributed by atoms with E-state index in [2.05, 4.69) is 30.0 Å². The van der Waals surface area contributed by atoms with Gasteiger partial charge in [0.05, 0.1) is 19.9 Å². The zero-order valence-electron chi connectivity index (χ0n) is 22.4. The van der Waals surface area contributed by atoms with Crippen molar-refractivity contribution in [2.45, 2.75) is 51.6 Å². The number of hydrogen-bond acceptors (Lipinski definition) is 6. The van der Waals surface area contributed by atoms with Gasteiger partial charge in [0.25, 0.3) is 5.91 Å². The maximum atomic E-state index is 14.4. The molecule has 40 heavy (non-hydrogen) atoms. The maximum absolute atomic E-state index is 14.4. The third-order valence-corrected chi connectivity index (χ3v) is 7.55. The first-order chi connectivity index (χ1) is 19.5. The number of fused-ring (bicyclic) bond motifs is 1. The molecule has 1 amide bonds. The molecule has 10 heteroatoms. The molecule has 0 aliphatic heterocycles. The third kappa shape index (κ3) is 5.04. The van der Waals surface area contributed by atoms with Crippen LogP contribution in [0.15, 0.2) is 55.0 Å². The van der Waals surface area contributed by atoms with Gasteiger partial charge >= 0.3 is 0 Å². The monoisotopic (exact) mass is 539 g/mol. The molecule has 3 heterocycles. The van der Waals surface area contributed by atoms with Gasteiger partial charge < -0.3 is 14.6 Å². The molecule has 0 bridgehead atoms. The fourth-order valence-corrected chi connectivity index (χ4v) is 5.50. The van der Waals surface area contributed by atoms with Crippen molar-refractivity contribution in [3.05, 3.63) is 89.1 Å². The summed E-state index contributed by atoms with van der Waals surface area (Å²) < 4.78 is 21.9. The Kier molecular flexibility index (Phi) is 6.98. The van der Waals surface area contributed by atoms with Gasteiger partial charge in [0.15, 0.2) is 11.3 Å². The van der Waals surface area contributed by atoms with Crippen molar-refractivity contribution in [1.82, 2.24) is 35.0 Å². The second-order valence-corrected chi connectivity index (χ2v) is 10.2. The van der Waals surface area contributed by atoms with Gasteiger partial charge in [-0.15, -0.1) is 0 Å². The molecule has 1 aliphatic carbocycles. The smallest absolute Gasteiger partial charge is 0.272 e. The van der Waals surface area contributed by atoms with E-state index in [0.717, 1.165) is 54.1 Å².